The maximum atomic E-state index is 13.0. The fourth-order valence-electron chi connectivity index (χ4n) is 4.33. The molecule has 5 heterocycles. The van der Waals surface area contributed by atoms with Crippen LogP contribution in [-0.2, 0) is 0 Å². The summed E-state index contributed by atoms with van der Waals surface area (Å²) in [7, 11) is 2.09. The molecule has 5 rings (SSSR count). The highest BCUT2D eigenvalue weighted by Crippen LogP contribution is 2.25. The molecule has 0 radical (unpaired) electrons. The molecule has 1 amide bonds. The van der Waals surface area contributed by atoms with E-state index in [1.165, 1.54) is 6.42 Å². The lowest BCUT2D eigenvalue weighted by Crippen LogP contribution is -2.48. The lowest BCUT2D eigenvalue weighted by atomic mass is 10.1. The number of hydrogen-bond acceptors (Lipinski definition) is 7. The van der Waals surface area contributed by atoms with E-state index in [0.29, 0.717) is 12.1 Å². The molecular weight excluding hydrogens is 380 g/mol. The largest absolute Gasteiger partial charge is 0.339 e. The third-order valence-corrected chi connectivity index (χ3v) is 6.10. The number of amides is 1. The van der Waals surface area contributed by atoms with Crippen LogP contribution in [0.1, 0.15) is 41.5 Å². The number of carbonyl (C=O) groups is 1. The highest BCUT2D eigenvalue weighted by Gasteiger charge is 2.31. The van der Waals surface area contributed by atoms with Crippen LogP contribution in [0.5, 0.6) is 0 Å². The number of anilines is 1. The average Bonchev–Trinajstić information content (AvgIpc) is 3.23. The van der Waals surface area contributed by atoms with Gasteiger partial charge in [-0.3, -0.25) is 14.1 Å². The van der Waals surface area contributed by atoms with E-state index in [1.54, 1.807) is 12.4 Å². The highest BCUT2D eigenvalue weighted by atomic mass is 16.2. The summed E-state index contributed by atoms with van der Waals surface area (Å²) in [5.41, 5.74) is 1.44. The summed E-state index contributed by atoms with van der Waals surface area (Å²) >= 11 is 0. The number of likely N-dealkylation sites (tertiary alicyclic amines) is 1. The van der Waals surface area contributed by atoms with E-state index < -0.39 is 0 Å². The fourth-order valence-corrected chi connectivity index (χ4v) is 4.33. The summed E-state index contributed by atoms with van der Waals surface area (Å²) in [6.45, 7) is 4.11. The summed E-state index contributed by atoms with van der Waals surface area (Å²) in [6.07, 6.45) is 8.79. The van der Waals surface area contributed by atoms with E-state index >= 15 is 0 Å². The molecule has 2 aliphatic heterocycles. The van der Waals surface area contributed by atoms with Crippen LogP contribution in [0.15, 0.2) is 36.8 Å². The lowest BCUT2D eigenvalue weighted by molar-refractivity contribution is 0.0723. The molecule has 0 unspecified atom stereocenters. The van der Waals surface area contributed by atoms with E-state index in [-0.39, 0.29) is 11.9 Å². The van der Waals surface area contributed by atoms with Gasteiger partial charge in [0.15, 0.2) is 11.5 Å². The first-order chi connectivity index (χ1) is 14.7. The molecule has 3 aromatic heterocycles. The molecule has 9 heteroatoms. The number of piperazine rings is 1. The van der Waals surface area contributed by atoms with Gasteiger partial charge in [0.1, 0.15) is 0 Å². The molecular formula is C21H26N8O. The van der Waals surface area contributed by atoms with Crippen LogP contribution in [0.3, 0.4) is 0 Å². The standard InChI is InChI=1S/C21H26N8O/c1-26-12-13-28(21-22-8-5-9-23-21)15-17(26)19-25-24-18-7-6-16(14-29(18)19)20(30)27-10-3-2-4-11-27/h5-9,14,17H,2-4,10-13,15H2,1H3/t17-/m0/s1. The predicted molar refractivity (Wildman–Crippen MR) is 112 cm³/mol. The minimum absolute atomic E-state index is 0.0258. The number of fused-ring (bicyclic) bond motifs is 1. The van der Waals surface area contributed by atoms with Gasteiger partial charge in [0.05, 0.1) is 11.6 Å². The van der Waals surface area contributed by atoms with Crippen molar-refractivity contribution in [3.8, 4) is 0 Å². The number of likely N-dealkylation sites (N-methyl/N-ethyl adjacent to an activating group) is 1. The first kappa shape index (κ1) is 18.9. The van der Waals surface area contributed by atoms with E-state index in [1.807, 2.05) is 33.7 Å². The van der Waals surface area contributed by atoms with Crippen molar-refractivity contribution in [1.82, 2.24) is 34.4 Å². The molecule has 3 aromatic rings. The zero-order valence-corrected chi connectivity index (χ0v) is 17.2. The Morgan fingerprint density at radius 3 is 2.60 bits per heavy atom. The third kappa shape index (κ3) is 3.49. The maximum Gasteiger partial charge on any atom is 0.255 e. The normalized spacial score (nSPS) is 20.6. The van der Waals surface area contributed by atoms with Crippen LogP contribution in [0.4, 0.5) is 5.95 Å². The molecule has 1 atom stereocenters. The Hall–Kier alpha value is -3.07. The average molecular weight is 406 g/mol. The molecule has 0 saturated carbocycles. The SMILES string of the molecule is CN1CCN(c2ncccn2)C[C@H]1c1nnc2ccc(C(=O)N3CCCCC3)cn12. The van der Waals surface area contributed by atoms with Crippen molar-refractivity contribution >= 4 is 17.5 Å². The van der Waals surface area contributed by atoms with Gasteiger partial charge in [-0.15, -0.1) is 10.2 Å². The van der Waals surface area contributed by atoms with Crippen molar-refractivity contribution in [2.75, 3.05) is 44.7 Å². The Morgan fingerprint density at radius 1 is 1.00 bits per heavy atom. The van der Waals surface area contributed by atoms with Crippen molar-refractivity contribution in [2.24, 2.45) is 0 Å². The van der Waals surface area contributed by atoms with Crippen LogP contribution >= 0.6 is 0 Å². The van der Waals surface area contributed by atoms with Crippen LogP contribution in [0.25, 0.3) is 5.65 Å². The summed E-state index contributed by atoms with van der Waals surface area (Å²) in [4.78, 5) is 28.2. The number of hydrogen-bond donors (Lipinski definition) is 0. The van der Waals surface area contributed by atoms with E-state index in [0.717, 1.165) is 56.4 Å². The van der Waals surface area contributed by atoms with Gasteiger partial charge in [-0.1, -0.05) is 0 Å². The van der Waals surface area contributed by atoms with Crippen LogP contribution < -0.4 is 4.90 Å². The van der Waals surface area contributed by atoms with Crippen molar-refractivity contribution in [3.05, 3.63) is 48.2 Å². The molecule has 2 saturated heterocycles. The third-order valence-electron chi connectivity index (χ3n) is 6.10. The Balaban J connectivity index is 1.45. The van der Waals surface area contributed by atoms with Gasteiger partial charge in [0.25, 0.3) is 5.91 Å². The molecule has 0 bridgehead atoms. The number of pyridine rings is 1. The van der Waals surface area contributed by atoms with Crippen molar-refractivity contribution in [3.63, 3.8) is 0 Å². The first-order valence-electron chi connectivity index (χ1n) is 10.6. The molecule has 9 nitrogen and oxygen atoms in total. The molecule has 2 aliphatic rings. The minimum atomic E-state index is 0.0258. The van der Waals surface area contributed by atoms with E-state index in [2.05, 4.69) is 37.0 Å². The van der Waals surface area contributed by atoms with E-state index in [9.17, 15) is 4.79 Å². The zero-order chi connectivity index (χ0) is 20.5. The number of aromatic nitrogens is 5. The van der Waals surface area contributed by atoms with Gasteiger partial charge in [-0.2, -0.15) is 0 Å². The molecule has 0 spiro atoms. The van der Waals surface area contributed by atoms with Gasteiger partial charge in [-0.25, -0.2) is 9.97 Å². The second-order valence-corrected chi connectivity index (χ2v) is 8.05. The van der Waals surface area contributed by atoms with Gasteiger partial charge in [0, 0.05) is 51.3 Å². The maximum absolute atomic E-state index is 13.0. The molecule has 2 fully saturated rings. The monoisotopic (exact) mass is 406 g/mol. The van der Waals surface area contributed by atoms with Gasteiger partial charge in [0.2, 0.25) is 5.95 Å². The molecule has 30 heavy (non-hydrogen) atoms. The molecule has 156 valence electrons. The summed E-state index contributed by atoms with van der Waals surface area (Å²) in [5, 5.41) is 8.84. The smallest absolute Gasteiger partial charge is 0.255 e. The second kappa shape index (κ2) is 7.98. The second-order valence-electron chi connectivity index (χ2n) is 8.05. The van der Waals surface area contributed by atoms with Gasteiger partial charge < -0.3 is 9.80 Å². The molecule has 0 aromatic carbocycles. The van der Waals surface area contributed by atoms with Gasteiger partial charge in [-0.05, 0) is 44.5 Å². The minimum Gasteiger partial charge on any atom is -0.339 e. The molecule has 0 N–H and O–H groups in total. The number of piperidine rings is 1. The Kier molecular flexibility index (Phi) is 5.04. The quantitative estimate of drug-likeness (QED) is 0.654. The topological polar surface area (TPSA) is 82.8 Å². The zero-order valence-electron chi connectivity index (χ0n) is 17.2. The van der Waals surface area contributed by atoms with Crippen LogP contribution in [-0.4, -0.2) is 80.0 Å². The fraction of sp³-hybridized carbons (Fsp3) is 0.476. The Labute approximate surface area is 175 Å². The summed E-state index contributed by atoms with van der Waals surface area (Å²) in [6, 6.07) is 5.59. The highest BCUT2D eigenvalue weighted by molar-refractivity contribution is 5.94. The number of nitrogens with zero attached hydrogens (tertiary/aromatic N) is 8. The predicted octanol–water partition coefficient (Wildman–Crippen LogP) is 1.64. The summed E-state index contributed by atoms with van der Waals surface area (Å²) < 4.78 is 1.97. The molecule has 0 aliphatic carbocycles. The number of rotatable bonds is 3. The Morgan fingerprint density at radius 2 is 1.80 bits per heavy atom. The van der Waals surface area contributed by atoms with Crippen molar-refractivity contribution in [2.45, 2.75) is 25.3 Å². The van der Waals surface area contributed by atoms with Gasteiger partial charge >= 0.3 is 0 Å². The number of carbonyl (C=O) groups excluding carboxylic acids is 1. The van der Waals surface area contributed by atoms with Crippen molar-refractivity contribution < 1.29 is 4.79 Å². The Bertz CT molecular complexity index is 1030. The van der Waals surface area contributed by atoms with Crippen LogP contribution in [0, 0.1) is 0 Å². The van der Waals surface area contributed by atoms with E-state index in [4.69, 9.17) is 0 Å². The first-order valence-corrected chi connectivity index (χ1v) is 10.6. The lowest BCUT2D eigenvalue weighted by Gasteiger charge is -2.38. The summed E-state index contributed by atoms with van der Waals surface area (Å²) in [5.74, 6) is 1.65. The van der Waals surface area contributed by atoms with Crippen LogP contribution in [0.2, 0.25) is 0 Å². The van der Waals surface area contributed by atoms with Crippen molar-refractivity contribution in [1.29, 1.82) is 0 Å².